The van der Waals surface area contributed by atoms with Gasteiger partial charge in [0.2, 0.25) is 5.91 Å². The Kier molecular flexibility index (Phi) is 4.31. The van der Waals surface area contributed by atoms with Gasteiger partial charge in [0.15, 0.2) is 0 Å². The molecule has 0 radical (unpaired) electrons. The normalized spacial score (nSPS) is 12.2. The van der Waals surface area contributed by atoms with Gasteiger partial charge in [0, 0.05) is 6.92 Å². The maximum atomic E-state index is 10.9. The van der Waals surface area contributed by atoms with E-state index in [1.54, 1.807) is 0 Å². The van der Waals surface area contributed by atoms with Gasteiger partial charge in [-0.3, -0.25) is 4.79 Å². The Morgan fingerprint density at radius 2 is 2.00 bits per heavy atom. The average Bonchev–Trinajstić information content (AvgIpc) is 2.18. The van der Waals surface area contributed by atoms with Crippen molar-refractivity contribution in [2.75, 3.05) is 6.54 Å². The van der Waals surface area contributed by atoms with E-state index in [9.17, 15) is 4.79 Å². The van der Waals surface area contributed by atoms with E-state index >= 15 is 0 Å². The highest BCUT2D eigenvalue weighted by Gasteiger charge is 2.05. The average molecular weight is 206 g/mol. The molecule has 3 heteroatoms. The van der Waals surface area contributed by atoms with Gasteiger partial charge < -0.3 is 11.1 Å². The minimum absolute atomic E-state index is 0.00599. The second-order valence-corrected chi connectivity index (χ2v) is 3.70. The van der Waals surface area contributed by atoms with E-state index in [0.717, 1.165) is 12.0 Å². The summed E-state index contributed by atoms with van der Waals surface area (Å²) in [5.74, 6) is -0.00599. The van der Waals surface area contributed by atoms with E-state index in [2.05, 4.69) is 17.4 Å². The fourth-order valence-electron chi connectivity index (χ4n) is 1.53. The largest absolute Gasteiger partial charge is 0.350 e. The Labute approximate surface area is 90.7 Å². The molecule has 0 saturated heterocycles. The number of benzene rings is 1. The van der Waals surface area contributed by atoms with Gasteiger partial charge in [0.05, 0.1) is 6.04 Å². The third-order valence-electron chi connectivity index (χ3n) is 2.33. The van der Waals surface area contributed by atoms with Crippen molar-refractivity contribution in [1.29, 1.82) is 0 Å². The molecule has 1 atom stereocenters. The van der Waals surface area contributed by atoms with Crippen LogP contribution in [0.1, 0.15) is 31.0 Å². The van der Waals surface area contributed by atoms with E-state index in [1.807, 2.05) is 19.1 Å². The summed E-state index contributed by atoms with van der Waals surface area (Å²) in [6, 6.07) is 8.24. The van der Waals surface area contributed by atoms with Gasteiger partial charge in [0.25, 0.3) is 0 Å². The fourth-order valence-corrected chi connectivity index (χ4v) is 1.53. The van der Waals surface area contributed by atoms with E-state index in [0.29, 0.717) is 6.54 Å². The molecule has 15 heavy (non-hydrogen) atoms. The molecule has 1 unspecified atom stereocenters. The number of carbonyl (C=O) groups excluding carboxylic acids is 1. The van der Waals surface area contributed by atoms with Crippen LogP contribution in [-0.4, -0.2) is 12.5 Å². The Morgan fingerprint density at radius 3 is 2.47 bits per heavy atom. The van der Waals surface area contributed by atoms with E-state index in [1.165, 1.54) is 12.5 Å². The third kappa shape index (κ3) is 3.72. The van der Waals surface area contributed by atoms with Gasteiger partial charge in [0.1, 0.15) is 0 Å². The molecular formula is C12H18N2O. The summed E-state index contributed by atoms with van der Waals surface area (Å²) in [6.07, 6.45) is 0.898. The summed E-state index contributed by atoms with van der Waals surface area (Å²) in [6.45, 7) is 4.17. The number of amides is 1. The molecule has 1 amide bonds. The Hall–Kier alpha value is -1.35. The van der Waals surface area contributed by atoms with Gasteiger partial charge in [-0.25, -0.2) is 0 Å². The number of hydrogen-bond donors (Lipinski definition) is 2. The van der Waals surface area contributed by atoms with Crippen molar-refractivity contribution < 1.29 is 4.79 Å². The van der Waals surface area contributed by atoms with Crippen molar-refractivity contribution in [3.63, 3.8) is 0 Å². The van der Waals surface area contributed by atoms with E-state index in [4.69, 9.17) is 5.73 Å². The monoisotopic (exact) mass is 206 g/mol. The molecule has 0 bridgehead atoms. The lowest BCUT2D eigenvalue weighted by molar-refractivity contribution is -0.119. The minimum Gasteiger partial charge on any atom is -0.350 e. The number of carbonyl (C=O) groups is 1. The topological polar surface area (TPSA) is 55.1 Å². The van der Waals surface area contributed by atoms with Gasteiger partial charge in [-0.05, 0) is 31.0 Å². The first kappa shape index (κ1) is 11.7. The van der Waals surface area contributed by atoms with Crippen molar-refractivity contribution in [1.82, 2.24) is 5.32 Å². The summed E-state index contributed by atoms with van der Waals surface area (Å²) >= 11 is 0. The summed E-state index contributed by atoms with van der Waals surface area (Å²) in [7, 11) is 0. The molecular weight excluding hydrogens is 188 g/mol. The molecule has 1 aromatic carbocycles. The smallest absolute Gasteiger partial charge is 0.217 e. The summed E-state index contributed by atoms with van der Waals surface area (Å²) < 4.78 is 0. The van der Waals surface area contributed by atoms with Crippen LogP contribution in [0.3, 0.4) is 0 Å². The van der Waals surface area contributed by atoms with Crippen LogP contribution in [0, 0.1) is 0 Å². The molecule has 82 valence electrons. The third-order valence-corrected chi connectivity index (χ3v) is 2.33. The molecule has 0 aliphatic heterocycles. The Balaban J connectivity index is 2.66. The number of hydrogen-bond acceptors (Lipinski definition) is 2. The number of nitrogens with one attached hydrogen (secondary N) is 1. The van der Waals surface area contributed by atoms with E-state index in [-0.39, 0.29) is 11.9 Å². The molecule has 3 nitrogen and oxygen atoms in total. The lowest BCUT2D eigenvalue weighted by atomic mass is 10.0. The molecule has 0 aromatic heterocycles. The van der Waals surface area contributed by atoms with Crippen LogP contribution in [0.4, 0.5) is 0 Å². The van der Waals surface area contributed by atoms with Gasteiger partial charge >= 0.3 is 0 Å². The first-order chi connectivity index (χ1) is 7.13. The summed E-state index contributed by atoms with van der Waals surface area (Å²) in [5.41, 5.74) is 7.82. The van der Waals surface area contributed by atoms with Crippen molar-refractivity contribution >= 4 is 5.91 Å². The van der Waals surface area contributed by atoms with Crippen molar-refractivity contribution in [2.45, 2.75) is 26.3 Å². The van der Waals surface area contributed by atoms with Crippen LogP contribution in [0.5, 0.6) is 0 Å². The standard InChI is InChI=1S/C12H18N2O/c1-9(14-10(2)15)12-5-3-11(4-6-12)7-8-13/h3-6,9H,7-8,13H2,1-2H3,(H,14,15). The molecule has 0 heterocycles. The Bertz CT molecular complexity index is 319. The van der Waals surface area contributed by atoms with Crippen molar-refractivity contribution in [2.24, 2.45) is 5.73 Å². The molecule has 1 aromatic rings. The zero-order valence-corrected chi connectivity index (χ0v) is 9.29. The quantitative estimate of drug-likeness (QED) is 0.782. The van der Waals surface area contributed by atoms with Gasteiger partial charge in [-0.2, -0.15) is 0 Å². The number of nitrogens with two attached hydrogens (primary N) is 1. The zero-order chi connectivity index (χ0) is 11.3. The van der Waals surface area contributed by atoms with Crippen LogP contribution in [0.15, 0.2) is 24.3 Å². The highest BCUT2D eigenvalue weighted by atomic mass is 16.1. The predicted octanol–water partition coefficient (Wildman–Crippen LogP) is 1.38. The predicted molar refractivity (Wildman–Crippen MR) is 61.4 cm³/mol. The Morgan fingerprint density at radius 1 is 1.40 bits per heavy atom. The molecule has 0 spiro atoms. The fraction of sp³-hybridized carbons (Fsp3) is 0.417. The highest BCUT2D eigenvalue weighted by molar-refractivity contribution is 5.73. The van der Waals surface area contributed by atoms with Crippen LogP contribution in [0.2, 0.25) is 0 Å². The second kappa shape index (κ2) is 5.51. The van der Waals surface area contributed by atoms with Gasteiger partial charge in [-0.15, -0.1) is 0 Å². The molecule has 3 N–H and O–H groups in total. The van der Waals surface area contributed by atoms with Crippen molar-refractivity contribution in [3.05, 3.63) is 35.4 Å². The van der Waals surface area contributed by atoms with Crippen molar-refractivity contribution in [3.8, 4) is 0 Å². The molecule has 1 rings (SSSR count). The first-order valence-corrected chi connectivity index (χ1v) is 5.19. The van der Waals surface area contributed by atoms with E-state index < -0.39 is 0 Å². The number of rotatable bonds is 4. The highest BCUT2D eigenvalue weighted by Crippen LogP contribution is 2.13. The maximum Gasteiger partial charge on any atom is 0.217 e. The molecule has 0 aliphatic rings. The SMILES string of the molecule is CC(=O)NC(C)c1ccc(CCN)cc1. The minimum atomic E-state index is -0.00599. The van der Waals surface area contributed by atoms with Crippen LogP contribution < -0.4 is 11.1 Å². The zero-order valence-electron chi connectivity index (χ0n) is 9.29. The summed E-state index contributed by atoms with van der Waals surface area (Å²) in [5, 5.41) is 2.85. The maximum absolute atomic E-state index is 10.9. The molecule has 0 aliphatic carbocycles. The summed E-state index contributed by atoms with van der Waals surface area (Å²) in [4.78, 5) is 10.9. The van der Waals surface area contributed by atoms with Gasteiger partial charge in [-0.1, -0.05) is 24.3 Å². The van der Waals surface area contributed by atoms with Crippen LogP contribution in [0.25, 0.3) is 0 Å². The molecule has 0 saturated carbocycles. The van der Waals surface area contributed by atoms with Crippen LogP contribution in [-0.2, 0) is 11.2 Å². The van der Waals surface area contributed by atoms with Crippen LogP contribution >= 0.6 is 0 Å². The second-order valence-electron chi connectivity index (χ2n) is 3.70. The molecule has 0 fully saturated rings. The first-order valence-electron chi connectivity index (χ1n) is 5.19. The lowest BCUT2D eigenvalue weighted by Crippen LogP contribution is -2.23. The lowest BCUT2D eigenvalue weighted by Gasteiger charge is -2.13.